The van der Waals surface area contributed by atoms with Gasteiger partial charge < -0.3 is 10.6 Å². The number of rotatable bonds is 5. The maximum atomic E-state index is 11.9. The monoisotopic (exact) mass is 246 g/mol. The van der Waals surface area contributed by atoms with Gasteiger partial charge >= 0.3 is 0 Å². The number of carbonyl (C=O) groups is 1. The molecule has 98 valence electrons. The molecule has 1 aromatic rings. The first-order chi connectivity index (χ1) is 8.86. The van der Waals surface area contributed by atoms with Gasteiger partial charge in [-0.25, -0.2) is 0 Å². The second-order valence-electron chi connectivity index (χ2n) is 4.92. The molecule has 2 N–H and O–H groups in total. The molecule has 3 heteroatoms. The highest BCUT2D eigenvalue weighted by Crippen LogP contribution is 2.09. The van der Waals surface area contributed by atoms with Crippen LogP contribution in [0.2, 0.25) is 0 Å². The van der Waals surface area contributed by atoms with Crippen LogP contribution >= 0.6 is 0 Å². The summed E-state index contributed by atoms with van der Waals surface area (Å²) >= 11 is 0. The Bertz CT molecular complexity index is 358. The smallest absolute Gasteiger partial charge is 0.224 e. The molecule has 0 bridgehead atoms. The summed E-state index contributed by atoms with van der Waals surface area (Å²) in [5.41, 5.74) is 1.34. The number of amides is 1. The molecule has 1 aliphatic rings. The maximum absolute atomic E-state index is 11.9. The Hall–Kier alpha value is -1.35. The number of aryl methyl sites for hydroxylation is 1. The van der Waals surface area contributed by atoms with Crippen molar-refractivity contribution in [2.24, 2.45) is 5.92 Å². The van der Waals surface area contributed by atoms with Crippen LogP contribution in [0.5, 0.6) is 0 Å². The lowest BCUT2D eigenvalue weighted by atomic mass is 9.99. The molecule has 3 nitrogen and oxygen atoms in total. The first-order valence-electron chi connectivity index (χ1n) is 6.88. The fourth-order valence-corrected chi connectivity index (χ4v) is 2.37. The van der Waals surface area contributed by atoms with E-state index in [-0.39, 0.29) is 11.8 Å². The highest BCUT2D eigenvalue weighted by Gasteiger charge is 2.19. The number of hydrogen-bond acceptors (Lipinski definition) is 2. The zero-order valence-electron chi connectivity index (χ0n) is 10.8. The summed E-state index contributed by atoms with van der Waals surface area (Å²) in [5.74, 6) is 0.394. The topological polar surface area (TPSA) is 41.1 Å². The fraction of sp³-hybridized carbons (Fsp3) is 0.533. The van der Waals surface area contributed by atoms with Crippen LogP contribution in [-0.4, -0.2) is 25.5 Å². The van der Waals surface area contributed by atoms with Crippen LogP contribution in [0.4, 0.5) is 0 Å². The van der Waals surface area contributed by atoms with E-state index in [0.717, 1.165) is 45.3 Å². The average molecular weight is 246 g/mol. The molecule has 2 rings (SSSR count). The molecule has 1 atom stereocenters. The molecule has 0 saturated carbocycles. The Morgan fingerprint density at radius 2 is 2.17 bits per heavy atom. The highest BCUT2D eigenvalue weighted by atomic mass is 16.1. The van der Waals surface area contributed by atoms with Gasteiger partial charge in [0.25, 0.3) is 0 Å². The summed E-state index contributed by atoms with van der Waals surface area (Å²) in [4.78, 5) is 11.9. The van der Waals surface area contributed by atoms with Gasteiger partial charge in [0.15, 0.2) is 0 Å². The van der Waals surface area contributed by atoms with Gasteiger partial charge in [0.2, 0.25) is 5.91 Å². The van der Waals surface area contributed by atoms with E-state index in [0.29, 0.717) is 0 Å². The third-order valence-electron chi connectivity index (χ3n) is 3.45. The molecule has 0 aromatic heterocycles. The standard InChI is InChI=1S/C15H22N2O/c18-15(14-9-5-10-16-12-14)17-11-4-8-13-6-2-1-3-7-13/h1-3,6-7,14,16H,4-5,8-12H2,(H,17,18)/t14-/m0/s1. The molecule has 1 aromatic carbocycles. The van der Waals surface area contributed by atoms with Crippen molar-refractivity contribution in [2.75, 3.05) is 19.6 Å². The fourth-order valence-electron chi connectivity index (χ4n) is 2.37. The van der Waals surface area contributed by atoms with E-state index in [9.17, 15) is 4.79 Å². The van der Waals surface area contributed by atoms with E-state index in [1.807, 2.05) is 6.07 Å². The average Bonchev–Trinajstić information content (AvgIpc) is 2.45. The van der Waals surface area contributed by atoms with Crippen molar-refractivity contribution in [3.8, 4) is 0 Å². The van der Waals surface area contributed by atoms with Crippen molar-refractivity contribution in [2.45, 2.75) is 25.7 Å². The molecule has 18 heavy (non-hydrogen) atoms. The van der Waals surface area contributed by atoms with E-state index in [2.05, 4.69) is 34.9 Å². The maximum Gasteiger partial charge on any atom is 0.224 e. The molecular formula is C15H22N2O. The van der Waals surface area contributed by atoms with Crippen molar-refractivity contribution >= 4 is 5.91 Å². The minimum atomic E-state index is 0.176. The van der Waals surface area contributed by atoms with Gasteiger partial charge in [0, 0.05) is 13.1 Å². The van der Waals surface area contributed by atoms with Crippen LogP contribution in [-0.2, 0) is 11.2 Å². The van der Waals surface area contributed by atoms with Gasteiger partial charge in [-0.15, -0.1) is 0 Å². The summed E-state index contributed by atoms with van der Waals surface area (Å²) in [7, 11) is 0. The molecule has 1 saturated heterocycles. The zero-order chi connectivity index (χ0) is 12.6. The van der Waals surface area contributed by atoms with E-state index in [1.165, 1.54) is 5.56 Å². The number of carbonyl (C=O) groups excluding carboxylic acids is 1. The van der Waals surface area contributed by atoms with Crippen LogP contribution < -0.4 is 10.6 Å². The van der Waals surface area contributed by atoms with Gasteiger partial charge in [0.1, 0.15) is 0 Å². The molecule has 1 aliphatic heterocycles. The molecule has 0 unspecified atom stereocenters. The molecule has 1 fully saturated rings. The molecule has 0 spiro atoms. The van der Waals surface area contributed by atoms with Crippen molar-refractivity contribution < 1.29 is 4.79 Å². The van der Waals surface area contributed by atoms with Crippen LogP contribution in [0, 0.1) is 5.92 Å². The van der Waals surface area contributed by atoms with Crippen LogP contribution in [0.3, 0.4) is 0 Å². The van der Waals surface area contributed by atoms with Gasteiger partial charge in [-0.2, -0.15) is 0 Å². The van der Waals surface area contributed by atoms with Gasteiger partial charge in [-0.3, -0.25) is 4.79 Å². The molecular weight excluding hydrogens is 224 g/mol. The Labute approximate surface area is 109 Å². The largest absolute Gasteiger partial charge is 0.356 e. The summed E-state index contributed by atoms with van der Waals surface area (Å²) in [6, 6.07) is 10.4. The second-order valence-corrected chi connectivity index (χ2v) is 4.92. The minimum absolute atomic E-state index is 0.176. The Balaban J connectivity index is 1.61. The van der Waals surface area contributed by atoms with Gasteiger partial charge in [-0.1, -0.05) is 30.3 Å². The lowest BCUT2D eigenvalue weighted by molar-refractivity contribution is -0.125. The van der Waals surface area contributed by atoms with E-state index < -0.39 is 0 Å². The van der Waals surface area contributed by atoms with Crippen molar-refractivity contribution in [1.29, 1.82) is 0 Å². The predicted octanol–water partition coefficient (Wildman–Crippen LogP) is 1.74. The quantitative estimate of drug-likeness (QED) is 0.777. The van der Waals surface area contributed by atoms with Crippen LogP contribution in [0.25, 0.3) is 0 Å². The first kappa shape index (κ1) is 13.1. The van der Waals surface area contributed by atoms with E-state index in [1.54, 1.807) is 0 Å². The highest BCUT2D eigenvalue weighted by molar-refractivity contribution is 5.78. The summed E-state index contributed by atoms with van der Waals surface area (Å²) in [6.45, 7) is 2.67. The first-order valence-corrected chi connectivity index (χ1v) is 6.88. The van der Waals surface area contributed by atoms with Gasteiger partial charge in [-0.05, 0) is 37.8 Å². The molecule has 0 radical (unpaired) electrons. The summed E-state index contributed by atoms with van der Waals surface area (Å²) in [5, 5.41) is 6.31. The third-order valence-corrected chi connectivity index (χ3v) is 3.45. The Kier molecular flexibility index (Phi) is 5.21. The molecule has 1 heterocycles. The zero-order valence-corrected chi connectivity index (χ0v) is 10.8. The SMILES string of the molecule is O=C(NCCCc1ccccc1)[C@H]1CCCNC1. The van der Waals surface area contributed by atoms with E-state index >= 15 is 0 Å². The van der Waals surface area contributed by atoms with E-state index in [4.69, 9.17) is 0 Å². The van der Waals surface area contributed by atoms with Crippen LogP contribution in [0.1, 0.15) is 24.8 Å². The summed E-state index contributed by atoms with van der Waals surface area (Å²) in [6.07, 6.45) is 4.18. The lowest BCUT2D eigenvalue weighted by Gasteiger charge is -2.21. The number of nitrogens with one attached hydrogen (secondary N) is 2. The van der Waals surface area contributed by atoms with Crippen molar-refractivity contribution in [3.63, 3.8) is 0 Å². The molecule has 0 aliphatic carbocycles. The third kappa shape index (κ3) is 4.15. The second kappa shape index (κ2) is 7.17. The van der Waals surface area contributed by atoms with Crippen LogP contribution in [0.15, 0.2) is 30.3 Å². The van der Waals surface area contributed by atoms with Gasteiger partial charge in [0.05, 0.1) is 5.92 Å². The Morgan fingerprint density at radius 1 is 1.33 bits per heavy atom. The van der Waals surface area contributed by atoms with Crippen molar-refractivity contribution in [1.82, 2.24) is 10.6 Å². The number of hydrogen-bond donors (Lipinski definition) is 2. The molecule has 1 amide bonds. The number of benzene rings is 1. The van der Waals surface area contributed by atoms with Crippen molar-refractivity contribution in [3.05, 3.63) is 35.9 Å². The number of piperidine rings is 1. The Morgan fingerprint density at radius 3 is 2.89 bits per heavy atom. The normalized spacial score (nSPS) is 19.4. The minimum Gasteiger partial charge on any atom is -0.356 e. The predicted molar refractivity (Wildman–Crippen MR) is 73.4 cm³/mol. The summed E-state index contributed by atoms with van der Waals surface area (Å²) < 4.78 is 0. The lowest BCUT2D eigenvalue weighted by Crippen LogP contribution is -2.40.